The molecule has 0 aliphatic carbocycles. The first-order valence-corrected chi connectivity index (χ1v) is 9.16. The number of halogens is 1. The van der Waals surface area contributed by atoms with Gasteiger partial charge in [0.25, 0.3) is 0 Å². The van der Waals surface area contributed by atoms with Crippen LogP contribution in [0.5, 0.6) is 5.75 Å². The molecule has 28 heavy (non-hydrogen) atoms. The SMILES string of the molecule is Cl.NC1(C(=O)NCC(O)c2cccc(OCc3ccccc3)c2)CCOCC1. The number of benzene rings is 2. The van der Waals surface area contributed by atoms with E-state index in [0.717, 1.165) is 5.56 Å². The van der Waals surface area contributed by atoms with Crippen LogP contribution in [-0.4, -0.2) is 36.3 Å². The fourth-order valence-corrected chi connectivity index (χ4v) is 3.00. The number of hydrogen-bond acceptors (Lipinski definition) is 5. The number of rotatable bonds is 7. The molecule has 2 aromatic carbocycles. The molecule has 0 radical (unpaired) electrons. The van der Waals surface area contributed by atoms with Crippen LogP contribution in [0.25, 0.3) is 0 Å². The average molecular weight is 407 g/mol. The largest absolute Gasteiger partial charge is 0.489 e. The van der Waals surface area contributed by atoms with Crippen LogP contribution in [0.1, 0.15) is 30.1 Å². The Morgan fingerprint density at radius 1 is 1.18 bits per heavy atom. The minimum Gasteiger partial charge on any atom is -0.489 e. The van der Waals surface area contributed by atoms with Crippen molar-refractivity contribution in [2.24, 2.45) is 5.73 Å². The molecule has 1 unspecified atom stereocenters. The molecule has 1 saturated heterocycles. The van der Waals surface area contributed by atoms with E-state index in [9.17, 15) is 9.90 Å². The topological polar surface area (TPSA) is 93.8 Å². The van der Waals surface area contributed by atoms with Crippen LogP contribution >= 0.6 is 12.4 Å². The predicted molar refractivity (Wildman–Crippen MR) is 109 cm³/mol. The number of nitrogens with two attached hydrogens (primary N) is 1. The maximum absolute atomic E-state index is 12.4. The zero-order valence-corrected chi connectivity index (χ0v) is 16.5. The third-order valence-corrected chi connectivity index (χ3v) is 4.78. The maximum Gasteiger partial charge on any atom is 0.240 e. The van der Waals surface area contributed by atoms with E-state index >= 15 is 0 Å². The Morgan fingerprint density at radius 3 is 2.61 bits per heavy atom. The number of amides is 1. The van der Waals surface area contributed by atoms with Gasteiger partial charge in [0.2, 0.25) is 5.91 Å². The van der Waals surface area contributed by atoms with Crippen LogP contribution in [0.3, 0.4) is 0 Å². The fourth-order valence-electron chi connectivity index (χ4n) is 3.00. The molecule has 0 saturated carbocycles. The number of nitrogens with one attached hydrogen (secondary N) is 1. The first kappa shape index (κ1) is 22.2. The molecule has 1 atom stereocenters. The van der Waals surface area contributed by atoms with Crippen LogP contribution in [0.2, 0.25) is 0 Å². The molecule has 0 bridgehead atoms. The van der Waals surface area contributed by atoms with E-state index in [1.807, 2.05) is 42.5 Å². The van der Waals surface area contributed by atoms with E-state index in [-0.39, 0.29) is 24.9 Å². The van der Waals surface area contributed by atoms with Gasteiger partial charge in [-0.05, 0) is 36.1 Å². The summed E-state index contributed by atoms with van der Waals surface area (Å²) in [5.74, 6) is 0.419. The van der Waals surface area contributed by atoms with Gasteiger partial charge in [0, 0.05) is 19.8 Å². The summed E-state index contributed by atoms with van der Waals surface area (Å²) in [7, 11) is 0. The molecule has 2 aromatic rings. The van der Waals surface area contributed by atoms with Gasteiger partial charge < -0.3 is 25.6 Å². The van der Waals surface area contributed by atoms with Crippen LogP contribution in [0.4, 0.5) is 0 Å². The van der Waals surface area contributed by atoms with Crippen LogP contribution < -0.4 is 15.8 Å². The van der Waals surface area contributed by atoms with E-state index < -0.39 is 11.6 Å². The molecule has 1 heterocycles. The zero-order valence-electron chi connectivity index (χ0n) is 15.7. The highest BCUT2D eigenvalue weighted by molar-refractivity contribution is 5.86. The lowest BCUT2D eigenvalue weighted by Crippen LogP contribution is -2.57. The minimum absolute atomic E-state index is 0. The number of ether oxygens (including phenoxy) is 2. The molecule has 1 fully saturated rings. The Morgan fingerprint density at radius 2 is 1.89 bits per heavy atom. The lowest BCUT2D eigenvalue weighted by atomic mass is 9.90. The van der Waals surface area contributed by atoms with Gasteiger partial charge in [-0.25, -0.2) is 0 Å². The predicted octanol–water partition coefficient (Wildman–Crippen LogP) is 2.34. The fraction of sp³-hybridized carbons (Fsp3) is 0.381. The summed E-state index contributed by atoms with van der Waals surface area (Å²) < 4.78 is 11.0. The summed E-state index contributed by atoms with van der Waals surface area (Å²) in [6.45, 7) is 1.51. The van der Waals surface area contributed by atoms with Gasteiger partial charge >= 0.3 is 0 Å². The number of aliphatic hydroxyl groups is 1. The molecule has 3 rings (SSSR count). The third kappa shape index (κ3) is 5.94. The molecular weight excluding hydrogens is 380 g/mol. The highest BCUT2D eigenvalue weighted by atomic mass is 35.5. The normalized spacial score (nSPS) is 16.5. The van der Waals surface area contributed by atoms with Gasteiger partial charge in [0.15, 0.2) is 0 Å². The van der Waals surface area contributed by atoms with E-state index in [1.165, 1.54) is 0 Å². The first-order chi connectivity index (χ1) is 13.1. The summed E-state index contributed by atoms with van der Waals surface area (Å²) >= 11 is 0. The molecule has 4 N–H and O–H groups in total. The molecule has 6 nitrogen and oxygen atoms in total. The van der Waals surface area contributed by atoms with Gasteiger partial charge in [0.1, 0.15) is 12.4 Å². The first-order valence-electron chi connectivity index (χ1n) is 9.16. The van der Waals surface area contributed by atoms with Crippen molar-refractivity contribution >= 4 is 18.3 Å². The molecule has 7 heteroatoms. The Balaban J connectivity index is 0.00000280. The second-order valence-corrected chi connectivity index (χ2v) is 6.84. The van der Waals surface area contributed by atoms with Crippen molar-refractivity contribution in [2.45, 2.75) is 31.1 Å². The van der Waals surface area contributed by atoms with Gasteiger partial charge in [-0.15, -0.1) is 12.4 Å². The second-order valence-electron chi connectivity index (χ2n) is 6.84. The summed E-state index contributed by atoms with van der Waals surface area (Å²) in [5.41, 5.74) is 6.98. The van der Waals surface area contributed by atoms with Crippen molar-refractivity contribution in [1.29, 1.82) is 0 Å². The van der Waals surface area contributed by atoms with E-state index in [4.69, 9.17) is 15.2 Å². The molecule has 0 aromatic heterocycles. The van der Waals surface area contributed by atoms with Gasteiger partial charge in [-0.3, -0.25) is 4.79 Å². The quantitative estimate of drug-likeness (QED) is 0.656. The smallest absolute Gasteiger partial charge is 0.240 e. The Bertz CT molecular complexity index is 751. The van der Waals surface area contributed by atoms with Crippen molar-refractivity contribution in [1.82, 2.24) is 5.32 Å². The molecule has 152 valence electrons. The maximum atomic E-state index is 12.4. The standard InChI is InChI=1S/C21H26N2O4.ClH/c22-21(9-11-26-12-10-21)20(25)23-14-19(24)17-7-4-8-18(13-17)27-15-16-5-2-1-3-6-16;/h1-8,13,19,24H,9-12,14-15,22H2,(H,23,25);1H. The van der Waals surface area contributed by atoms with Gasteiger partial charge in [-0.2, -0.15) is 0 Å². The highest BCUT2D eigenvalue weighted by Gasteiger charge is 2.35. The Hall–Kier alpha value is -2.12. The lowest BCUT2D eigenvalue weighted by Gasteiger charge is -2.32. The highest BCUT2D eigenvalue weighted by Crippen LogP contribution is 2.21. The minimum atomic E-state index is -0.918. The molecule has 1 amide bonds. The number of carbonyl (C=O) groups is 1. The van der Waals surface area contributed by atoms with Gasteiger partial charge in [-0.1, -0.05) is 42.5 Å². The number of carbonyl (C=O) groups excluding carboxylic acids is 1. The van der Waals surface area contributed by atoms with E-state index in [0.29, 0.717) is 44.0 Å². The molecule has 1 aliphatic heterocycles. The average Bonchev–Trinajstić information content (AvgIpc) is 2.71. The van der Waals surface area contributed by atoms with Crippen LogP contribution in [-0.2, 0) is 16.1 Å². The molecule has 0 spiro atoms. The lowest BCUT2D eigenvalue weighted by molar-refractivity contribution is -0.130. The Labute approximate surface area is 171 Å². The summed E-state index contributed by atoms with van der Waals surface area (Å²) in [6.07, 6.45) is 0.132. The molecule has 1 aliphatic rings. The number of hydrogen-bond donors (Lipinski definition) is 3. The van der Waals surface area contributed by atoms with E-state index in [2.05, 4.69) is 5.32 Å². The van der Waals surface area contributed by atoms with Crippen molar-refractivity contribution in [2.75, 3.05) is 19.8 Å². The van der Waals surface area contributed by atoms with Crippen molar-refractivity contribution in [3.63, 3.8) is 0 Å². The van der Waals surface area contributed by atoms with Crippen LogP contribution in [0, 0.1) is 0 Å². The van der Waals surface area contributed by atoms with Crippen molar-refractivity contribution in [3.8, 4) is 5.75 Å². The van der Waals surface area contributed by atoms with Crippen LogP contribution in [0.15, 0.2) is 54.6 Å². The van der Waals surface area contributed by atoms with Crippen molar-refractivity contribution in [3.05, 3.63) is 65.7 Å². The monoisotopic (exact) mass is 406 g/mol. The molecular formula is C21H27ClN2O4. The van der Waals surface area contributed by atoms with E-state index in [1.54, 1.807) is 12.1 Å². The second kappa shape index (κ2) is 10.4. The van der Waals surface area contributed by atoms with Crippen molar-refractivity contribution < 1.29 is 19.4 Å². The number of aliphatic hydroxyl groups excluding tert-OH is 1. The summed E-state index contributed by atoms with van der Waals surface area (Å²) in [4.78, 5) is 12.4. The summed E-state index contributed by atoms with van der Waals surface area (Å²) in [5, 5.41) is 13.2. The Kier molecular flexibility index (Phi) is 8.26. The third-order valence-electron chi connectivity index (χ3n) is 4.78. The summed E-state index contributed by atoms with van der Waals surface area (Å²) in [6, 6.07) is 17.1. The zero-order chi connectivity index (χ0) is 19.1. The van der Waals surface area contributed by atoms with Gasteiger partial charge in [0.05, 0.1) is 11.6 Å².